The number of aromatic nitrogens is 1. The zero-order chi connectivity index (χ0) is 21.3. The van der Waals surface area contributed by atoms with Crippen LogP contribution in [0.1, 0.15) is 16.7 Å². The van der Waals surface area contributed by atoms with E-state index in [2.05, 4.69) is 10.3 Å². The SMILES string of the molecule is Cc1cccc(OCC(=O)Nc2ccc(-c3nc4cc(C)c(C)cc4o3)c(O)c2)c1. The Morgan fingerprint density at radius 2 is 1.87 bits per heavy atom. The molecule has 0 fully saturated rings. The topological polar surface area (TPSA) is 84.6 Å². The van der Waals surface area contributed by atoms with E-state index >= 15 is 0 Å². The number of rotatable bonds is 5. The molecule has 0 unspecified atom stereocenters. The van der Waals surface area contributed by atoms with E-state index in [0.29, 0.717) is 28.5 Å². The van der Waals surface area contributed by atoms with Gasteiger partial charge in [0.05, 0.1) is 5.56 Å². The third kappa shape index (κ3) is 4.12. The normalized spacial score (nSPS) is 10.9. The van der Waals surface area contributed by atoms with Crippen molar-refractivity contribution in [3.8, 4) is 23.0 Å². The number of benzene rings is 3. The molecule has 0 aliphatic rings. The summed E-state index contributed by atoms with van der Waals surface area (Å²) in [5.74, 6) is 0.599. The van der Waals surface area contributed by atoms with Crippen LogP contribution in [0.15, 0.2) is 59.0 Å². The number of carbonyl (C=O) groups excluding carboxylic acids is 1. The van der Waals surface area contributed by atoms with E-state index in [-0.39, 0.29) is 18.3 Å². The van der Waals surface area contributed by atoms with Gasteiger partial charge in [-0.1, -0.05) is 12.1 Å². The summed E-state index contributed by atoms with van der Waals surface area (Å²) >= 11 is 0. The van der Waals surface area contributed by atoms with E-state index < -0.39 is 0 Å². The van der Waals surface area contributed by atoms with E-state index in [0.717, 1.165) is 22.2 Å². The van der Waals surface area contributed by atoms with Crippen molar-refractivity contribution in [3.05, 3.63) is 71.3 Å². The third-order valence-corrected chi connectivity index (χ3v) is 4.88. The van der Waals surface area contributed by atoms with Gasteiger partial charge in [0.2, 0.25) is 5.89 Å². The molecule has 2 N–H and O–H groups in total. The van der Waals surface area contributed by atoms with Gasteiger partial charge < -0.3 is 19.6 Å². The molecule has 152 valence electrons. The molecule has 6 heteroatoms. The van der Waals surface area contributed by atoms with Crippen molar-refractivity contribution in [2.75, 3.05) is 11.9 Å². The van der Waals surface area contributed by atoms with Crippen LogP contribution in [0, 0.1) is 20.8 Å². The highest BCUT2D eigenvalue weighted by Gasteiger charge is 2.14. The first-order valence-electron chi connectivity index (χ1n) is 9.59. The maximum absolute atomic E-state index is 12.2. The molecule has 1 amide bonds. The van der Waals surface area contributed by atoms with Crippen LogP contribution < -0.4 is 10.1 Å². The molecule has 4 rings (SSSR count). The number of aromatic hydroxyl groups is 1. The Bertz CT molecular complexity index is 1200. The predicted molar refractivity (Wildman–Crippen MR) is 116 cm³/mol. The van der Waals surface area contributed by atoms with Crippen LogP contribution in [-0.4, -0.2) is 22.6 Å². The van der Waals surface area contributed by atoms with Gasteiger partial charge in [-0.3, -0.25) is 4.79 Å². The van der Waals surface area contributed by atoms with E-state index in [4.69, 9.17) is 9.15 Å². The molecule has 0 saturated heterocycles. The van der Waals surface area contributed by atoms with E-state index in [9.17, 15) is 9.90 Å². The van der Waals surface area contributed by atoms with Gasteiger partial charge in [-0.15, -0.1) is 0 Å². The largest absolute Gasteiger partial charge is 0.507 e. The fourth-order valence-electron chi connectivity index (χ4n) is 3.14. The number of nitrogens with zero attached hydrogens (tertiary/aromatic N) is 1. The maximum atomic E-state index is 12.2. The number of fused-ring (bicyclic) bond motifs is 1. The fraction of sp³-hybridized carbons (Fsp3) is 0.167. The Kier molecular flexibility index (Phi) is 5.14. The standard InChI is InChI=1S/C24H22N2O4/c1-14-5-4-6-18(9-14)29-13-23(28)25-17-7-8-19(21(27)12-17)24-26-20-10-15(2)16(3)11-22(20)30-24/h4-12,27H,13H2,1-3H3,(H,25,28). The quantitative estimate of drug-likeness (QED) is 0.483. The molecule has 30 heavy (non-hydrogen) atoms. The first-order chi connectivity index (χ1) is 14.4. The number of amides is 1. The molecule has 0 aliphatic heterocycles. The lowest BCUT2D eigenvalue weighted by molar-refractivity contribution is -0.118. The first kappa shape index (κ1) is 19.5. The summed E-state index contributed by atoms with van der Waals surface area (Å²) in [5, 5.41) is 13.2. The van der Waals surface area contributed by atoms with Crippen molar-refractivity contribution < 1.29 is 19.1 Å². The average molecular weight is 402 g/mol. The maximum Gasteiger partial charge on any atom is 0.262 e. The minimum atomic E-state index is -0.323. The van der Waals surface area contributed by atoms with E-state index in [1.54, 1.807) is 18.2 Å². The van der Waals surface area contributed by atoms with Crippen LogP contribution in [-0.2, 0) is 4.79 Å². The number of nitrogens with one attached hydrogen (secondary N) is 1. The number of hydrogen-bond acceptors (Lipinski definition) is 5. The van der Waals surface area contributed by atoms with Gasteiger partial charge in [0, 0.05) is 11.8 Å². The summed E-state index contributed by atoms with van der Waals surface area (Å²) in [6.07, 6.45) is 0. The third-order valence-electron chi connectivity index (χ3n) is 4.88. The van der Waals surface area contributed by atoms with Crippen molar-refractivity contribution in [1.82, 2.24) is 4.98 Å². The highest BCUT2D eigenvalue weighted by atomic mass is 16.5. The van der Waals surface area contributed by atoms with Gasteiger partial charge in [0.15, 0.2) is 12.2 Å². The van der Waals surface area contributed by atoms with Crippen molar-refractivity contribution in [2.45, 2.75) is 20.8 Å². The summed E-state index contributed by atoms with van der Waals surface area (Å²) in [7, 11) is 0. The number of hydrogen-bond donors (Lipinski definition) is 2. The van der Waals surface area contributed by atoms with E-state index in [1.165, 1.54) is 6.07 Å². The lowest BCUT2D eigenvalue weighted by Crippen LogP contribution is -2.20. The van der Waals surface area contributed by atoms with Gasteiger partial charge in [-0.05, 0) is 73.9 Å². The molecule has 0 saturated carbocycles. The Labute approximate surface area is 174 Å². The number of phenolic OH excluding ortho intramolecular Hbond substituents is 1. The van der Waals surface area contributed by atoms with Gasteiger partial charge in [-0.25, -0.2) is 4.98 Å². The second-order valence-corrected chi connectivity index (χ2v) is 7.31. The van der Waals surface area contributed by atoms with Crippen LogP contribution in [0.25, 0.3) is 22.6 Å². The Balaban J connectivity index is 1.47. The summed E-state index contributed by atoms with van der Waals surface area (Å²) in [5.41, 5.74) is 5.60. The zero-order valence-electron chi connectivity index (χ0n) is 17.0. The van der Waals surface area contributed by atoms with Gasteiger partial charge in [0.1, 0.15) is 17.0 Å². The Hall–Kier alpha value is -3.80. The highest BCUT2D eigenvalue weighted by molar-refractivity contribution is 5.92. The molecule has 3 aromatic carbocycles. The lowest BCUT2D eigenvalue weighted by atomic mass is 10.1. The summed E-state index contributed by atoms with van der Waals surface area (Å²) < 4.78 is 11.3. The van der Waals surface area contributed by atoms with Gasteiger partial charge in [-0.2, -0.15) is 0 Å². The van der Waals surface area contributed by atoms with Crippen molar-refractivity contribution >= 4 is 22.7 Å². The number of phenols is 1. The lowest BCUT2D eigenvalue weighted by Gasteiger charge is -2.09. The Morgan fingerprint density at radius 3 is 2.63 bits per heavy atom. The smallest absolute Gasteiger partial charge is 0.262 e. The fourth-order valence-corrected chi connectivity index (χ4v) is 3.14. The zero-order valence-corrected chi connectivity index (χ0v) is 17.0. The van der Waals surface area contributed by atoms with Crippen LogP contribution in [0.4, 0.5) is 5.69 Å². The summed E-state index contributed by atoms with van der Waals surface area (Å²) in [4.78, 5) is 16.6. The molecule has 4 aromatic rings. The molecule has 0 aliphatic carbocycles. The molecular weight excluding hydrogens is 380 g/mol. The van der Waals surface area contributed by atoms with Crippen molar-refractivity contribution in [3.63, 3.8) is 0 Å². The minimum absolute atomic E-state index is 0.0348. The number of anilines is 1. The highest BCUT2D eigenvalue weighted by Crippen LogP contribution is 2.33. The summed E-state index contributed by atoms with van der Waals surface area (Å²) in [6, 6.07) is 16.2. The number of aryl methyl sites for hydroxylation is 3. The number of carbonyl (C=O) groups is 1. The molecule has 0 atom stereocenters. The van der Waals surface area contributed by atoms with E-state index in [1.807, 2.05) is 51.1 Å². The number of ether oxygens (including phenoxy) is 1. The molecular formula is C24H22N2O4. The van der Waals surface area contributed by atoms with Crippen LogP contribution in [0.2, 0.25) is 0 Å². The van der Waals surface area contributed by atoms with Crippen LogP contribution in [0.5, 0.6) is 11.5 Å². The molecule has 0 bridgehead atoms. The summed E-state index contributed by atoms with van der Waals surface area (Å²) in [6.45, 7) is 5.85. The van der Waals surface area contributed by atoms with Crippen LogP contribution >= 0.6 is 0 Å². The van der Waals surface area contributed by atoms with Crippen molar-refractivity contribution in [1.29, 1.82) is 0 Å². The van der Waals surface area contributed by atoms with Gasteiger partial charge in [0.25, 0.3) is 5.91 Å². The minimum Gasteiger partial charge on any atom is -0.507 e. The second-order valence-electron chi connectivity index (χ2n) is 7.31. The van der Waals surface area contributed by atoms with Gasteiger partial charge >= 0.3 is 0 Å². The molecule has 1 aromatic heterocycles. The van der Waals surface area contributed by atoms with Crippen LogP contribution in [0.3, 0.4) is 0 Å². The molecule has 1 heterocycles. The first-order valence-corrected chi connectivity index (χ1v) is 9.59. The number of oxazole rings is 1. The average Bonchev–Trinajstić information content (AvgIpc) is 3.09. The molecule has 6 nitrogen and oxygen atoms in total. The predicted octanol–water partition coefficient (Wildman–Crippen LogP) is 5.14. The second kappa shape index (κ2) is 7.91. The monoisotopic (exact) mass is 402 g/mol. The molecule has 0 radical (unpaired) electrons. The molecule has 0 spiro atoms. The van der Waals surface area contributed by atoms with Crippen molar-refractivity contribution in [2.24, 2.45) is 0 Å². The Morgan fingerprint density at radius 1 is 1.07 bits per heavy atom.